The Morgan fingerprint density at radius 2 is 1.95 bits per heavy atom. The SMILES string of the molecule is Brc1ccc(-n2nnnc2CC2CCNCC2)cc1. The molecular weight excluding hydrogens is 306 g/mol. The van der Waals surface area contributed by atoms with Gasteiger partial charge in [0.05, 0.1) is 5.69 Å². The summed E-state index contributed by atoms with van der Waals surface area (Å²) in [5, 5.41) is 15.5. The monoisotopic (exact) mass is 321 g/mol. The van der Waals surface area contributed by atoms with E-state index in [1.54, 1.807) is 0 Å². The van der Waals surface area contributed by atoms with Gasteiger partial charge in [0, 0.05) is 10.9 Å². The van der Waals surface area contributed by atoms with Gasteiger partial charge in [-0.25, -0.2) is 0 Å². The van der Waals surface area contributed by atoms with Gasteiger partial charge in [-0.2, -0.15) is 4.68 Å². The molecule has 0 unspecified atom stereocenters. The number of piperidine rings is 1. The smallest absolute Gasteiger partial charge is 0.156 e. The fourth-order valence-electron chi connectivity index (χ4n) is 2.46. The second kappa shape index (κ2) is 5.79. The average molecular weight is 322 g/mol. The van der Waals surface area contributed by atoms with Gasteiger partial charge in [-0.1, -0.05) is 15.9 Å². The van der Waals surface area contributed by atoms with Crippen molar-refractivity contribution in [1.82, 2.24) is 25.5 Å². The average Bonchev–Trinajstić information content (AvgIpc) is 2.89. The molecule has 0 saturated carbocycles. The van der Waals surface area contributed by atoms with E-state index in [1.807, 2.05) is 28.9 Å². The van der Waals surface area contributed by atoms with Crippen LogP contribution in [0.5, 0.6) is 0 Å². The van der Waals surface area contributed by atoms with Crippen LogP contribution in [0.4, 0.5) is 0 Å². The van der Waals surface area contributed by atoms with Crippen molar-refractivity contribution in [2.24, 2.45) is 5.92 Å². The fourth-order valence-corrected chi connectivity index (χ4v) is 2.72. The lowest BCUT2D eigenvalue weighted by Crippen LogP contribution is -2.29. The lowest BCUT2D eigenvalue weighted by molar-refractivity contribution is 0.365. The van der Waals surface area contributed by atoms with Gasteiger partial charge in [-0.05, 0) is 66.5 Å². The fraction of sp³-hybridized carbons (Fsp3) is 0.462. The summed E-state index contributed by atoms with van der Waals surface area (Å²) < 4.78 is 2.90. The van der Waals surface area contributed by atoms with Crippen molar-refractivity contribution in [2.75, 3.05) is 13.1 Å². The van der Waals surface area contributed by atoms with Gasteiger partial charge in [-0.3, -0.25) is 0 Å². The highest BCUT2D eigenvalue weighted by atomic mass is 79.9. The first-order chi connectivity index (χ1) is 9.33. The Morgan fingerprint density at radius 1 is 1.21 bits per heavy atom. The van der Waals surface area contributed by atoms with Crippen LogP contribution in [0.25, 0.3) is 5.69 Å². The topological polar surface area (TPSA) is 55.6 Å². The van der Waals surface area contributed by atoms with Crippen molar-refractivity contribution in [3.8, 4) is 5.69 Å². The Labute approximate surface area is 120 Å². The van der Waals surface area contributed by atoms with E-state index in [9.17, 15) is 0 Å². The second-order valence-corrected chi connectivity index (χ2v) is 5.80. The van der Waals surface area contributed by atoms with E-state index in [0.717, 1.165) is 35.5 Å². The highest BCUT2D eigenvalue weighted by Gasteiger charge is 2.17. The summed E-state index contributed by atoms with van der Waals surface area (Å²) in [6.45, 7) is 2.20. The number of nitrogens with zero attached hydrogens (tertiary/aromatic N) is 4. The van der Waals surface area contributed by atoms with Crippen LogP contribution in [-0.4, -0.2) is 33.3 Å². The Morgan fingerprint density at radius 3 is 2.68 bits per heavy atom. The molecule has 19 heavy (non-hydrogen) atoms. The van der Waals surface area contributed by atoms with Crippen LogP contribution in [-0.2, 0) is 6.42 Å². The minimum atomic E-state index is 0.682. The zero-order valence-electron chi connectivity index (χ0n) is 10.6. The first-order valence-corrected chi connectivity index (χ1v) is 7.36. The van der Waals surface area contributed by atoms with Gasteiger partial charge >= 0.3 is 0 Å². The third-order valence-electron chi connectivity index (χ3n) is 3.54. The molecule has 3 rings (SSSR count). The molecule has 100 valence electrons. The van der Waals surface area contributed by atoms with Crippen molar-refractivity contribution in [3.05, 3.63) is 34.6 Å². The van der Waals surface area contributed by atoms with Gasteiger partial charge in [0.1, 0.15) is 0 Å². The third-order valence-corrected chi connectivity index (χ3v) is 4.06. The molecule has 0 radical (unpaired) electrons. The normalized spacial score (nSPS) is 16.7. The number of hydrogen-bond donors (Lipinski definition) is 1. The van der Waals surface area contributed by atoms with Crippen molar-refractivity contribution in [3.63, 3.8) is 0 Å². The van der Waals surface area contributed by atoms with Crippen molar-refractivity contribution in [1.29, 1.82) is 0 Å². The van der Waals surface area contributed by atoms with E-state index in [-0.39, 0.29) is 0 Å². The van der Waals surface area contributed by atoms with Crippen LogP contribution < -0.4 is 5.32 Å². The summed E-state index contributed by atoms with van der Waals surface area (Å²) in [4.78, 5) is 0. The summed E-state index contributed by atoms with van der Waals surface area (Å²) in [5.74, 6) is 1.63. The minimum absolute atomic E-state index is 0.682. The molecule has 2 heterocycles. The molecule has 1 aliphatic heterocycles. The first kappa shape index (κ1) is 12.7. The summed E-state index contributed by atoms with van der Waals surface area (Å²) in [7, 11) is 0. The predicted molar refractivity (Wildman–Crippen MR) is 76.2 cm³/mol. The highest BCUT2D eigenvalue weighted by Crippen LogP contribution is 2.19. The summed E-state index contributed by atoms with van der Waals surface area (Å²) in [5.41, 5.74) is 1.01. The summed E-state index contributed by atoms with van der Waals surface area (Å²) in [6, 6.07) is 8.05. The predicted octanol–water partition coefficient (Wildman–Crippen LogP) is 1.97. The molecule has 0 amide bonds. The van der Waals surface area contributed by atoms with E-state index in [1.165, 1.54) is 12.8 Å². The molecule has 2 aromatic rings. The molecular formula is C13H16BrN5. The van der Waals surface area contributed by atoms with Gasteiger partial charge in [-0.15, -0.1) is 5.10 Å². The molecule has 0 spiro atoms. The van der Waals surface area contributed by atoms with Crippen molar-refractivity contribution in [2.45, 2.75) is 19.3 Å². The standard InChI is InChI=1S/C13H16BrN5/c14-11-1-3-12(4-2-11)19-13(16-17-18-19)9-10-5-7-15-8-6-10/h1-4,10,15H,5-9H2. The number of halogens is 1. The quantitative estimate of drug-likeness (QED) is 0.939. The van der Waals surface area contributed by atoms with Crippen LogP contribution in [0, 0.1) is 5.92 Å². The lowest BCUT2D eigenvalue weighted by atomic mass is 9.94. The summed E-state index contributed by atoms with van der Waals surface area (Å²) in [6.07, 6.45) is 3.35. The van der Waals surface area contributed by atoms with Gasteiger partial charge in [0.2, 0.25) is 0 Å². The van der Waals surface area contributed by atoms with Gasteiger partial charge in [0.15, 0.2) is 5.82 Å². The van der Waals surface area contributed by atoms with E-state index in [0.29, 0.717) is 5.92 Å². The van der Waals surface area contributed by atoms with E-state index >= 15 is 0 Å². The first-order valence-electron chi connectivity index (χ1n) is 6.57. The van der Waals surface area contributed by atoms with E-state index in [2.05, 4.69) is 36.8 Å². The lowest BCUT2D eigenvalue weighted by Gasteiger charge is -2.21. The number of hydrogen-bond acceptors (Lipinski definition) is 4. The van der Waals surface area contributed by atoms with Gasteiger partial charge in [0.25, 0.3) is 0 Å². The molecule has 1 saturated heterocycles. The summed E-state index contributed by atoms with van der Waals surface area (Å²) >= 11 is 3.44. The van der Waals surface area contributed by atoms with Crippen molar-refractivity contribution < 1.29 is 0 Å². The van der Waals surface area contributed by atoms with Crippen LogP contribution in [0.15, 0.2) is 28.7 Å². The number of benzene rings is 1. The molecule has 1 N–H and O–H groups in total. The Hall–Kier alpha value is -1.27. The largest absolute Gasteiger partial charge is 0.317 e. The zero-order chi connectivity index (χ0) is 13.1. The van der Waals surface area contributed by atoms with Gasteiger partial charge < -0.3 is 5.32 Å². The minimum Gasteiger partial charge on any atom is -0.317 e. The number of aromatic nitrogens is 4. The van der Waals surface area contributed by atoms with Crippen LogP contribution in [0.1, 0.15) is 18.7 Å². The molecule has 1 aliphatic rings. The molecule has 1 aromatic heterocycles. The molecule has 6 heteroatoms. The Balaban J connectivity index is 1.79. The van der Waals surface area contributed by atoms with E-state index < -0.39 is 0 Å². The highest BCUT2D eigenvalue weighted by molar-refractivity contribution is 9.10. The molecule has 0 atom stereocenters. The maximum atomic E-state index is 4.18. The third kappa shape index (κ3) is 3.01. The van der Waals surface area contributed by atoms with Crippen molar-refractivity contribution >= 4 is 15.9 Å². The number of rotatable bonds is 3. The number of tetrazole rings is 1. The molecule has 0 bridgehead atoms. The Kier molecular flexibility index (Phi) is 3.89. The maximum Gasteiger partial charge on any atom is 0.156 e. The maximum absolute atomic E-state index is 4.18. The van der Waals surface area contributed by atoms with Crippen LogP contribution in [0.3, 0.4) is 0 Å². The van der Waals surface area contributed by atoms with Crippen LogP contribution in [0.2, 0.25) is 0 Å². The molecule has 5 nitrogen and oxygen atoms in total. The molecule has 0 aliphatic carbocycles. The number of nitrogens with one attached hydrogen (secondary N) is 1. The van der Waals surface area contributed by atoms with Crippen LogP contribution >= 0.6 is 15.9 Å². The molecule has 1 aromatic carbocycles. The van der Waals surface area contributed by atoms with E-state index in [4.69, 9.17) is 0 Å². The second-order valence-electron chi connectivity index (χ2n) is 4.88. The Bertz CT molecular complexity index is 530. The molecule has 1 fully saturated rings. The zero-order valence-corrected chi connectivity index (χ0v) is 12.2.